The van der Waals surface area contributed by atoms with Crippen molar-refractivity contribution < 1.29 is 32.3 Å². The van der Waals surface area contributed by atoms with Crippen molar-refractivity contribution in [2.24, 2.45) is 0 Å². The van der Waals surface area contributed by atoms with Gasteiger partial charge in [0.1, 0.15) is 11.4 Å². The minimum atomic E-state index is -4.53. The van der Waals surface area contributed by atoms with Crippen molar-refractivity contribution in [3.8, 4) is 5.75 Å². The molecule has 44 heavy (non-hydrogen) atoms. The molecule has 0 spiro atoms. The number of amides is 3. The molecular formula is C33H28F3N3O4S. The van der Waals surface area contributed by atoms with Crippen LogP contribution in [0.1, 0.15) is 28.4 Å². The second-order valence-corrected chi connectivity index (χ2v) is 10.9. The summed E-state index contributed by atoms with van der Waals surface area (Å²) < 4.78 is 44.4. The number of hydrogen-bond acceptors (Lipinski definition) is 5. The molecule has 0 fully saturated rings. The van der Waals surface area contributed by atoms with Gasteiger partial charge in [0.25, 0.3) is 11.8 Å². The van der Waals surface area contributed by atoms with Crippen LogP contribution in [0.2, 0.25) is 0 Å². The molecule has 4 aromatic rings. The van der Waals surface area contributed by atoms with Crippen LogP contribution in [-0.2, 0) is 15.8 Å². The van der Waals surface area contributed by atoms with Gasteiger partial charge in [-0.15, -0.1) is 11.8 Å². The van der Waals surface area contributed by atoms with Gasteiger partial charge in [-0.05, 0) is 79.2 Å². The van der Waals surface area contributed by atoms with Crippen molar-refractivity contribution in [2.75, 3.05) is 17.7 Å². The van der Waals surface area contributed by atoms with Gasteiger partial charge < -0.3 is 20.7 Å². The fraction of sp³-hybridized carbons (Fsp3) is 0.121. The van der Waals surface area contributed by atoms with E-state index in [1.165, 1.54) is 25.3 Å². The molecule has 1 unspecified atom stereocenters. The van der Waals surface area contributed by atoms with Gasteiger partial charge in [-0.2, -0.15) is 13.2 Å². The third-order valence-electron chi connectivity index (χ3n) is 6.17. The average molecular weight is 620 g/mol. The second kappa shape index (κ2) is 14.4. The molecule has 4 aromatic carbocycles. The molecule has 0 radical (unpaired) electrons. The maximum atomic E-state index is 13.4. The van der Waals surface area contributed by atoms with Gasteiger partial charge in [-0.1, -0.05) is 42.5 Å². The number of ether oxygens (including phenoxy) is 1. The van der Waals surface area contributed by atoms with Gasteiger partial charge >= 0.3 is 6.18 Å². The van der Waals surface area contributed by atoms with Crippen LogP contribution in [0.3, 0.4) is 0 Å². The van der Waals surface area contributed by atoms with E-state index in [9.17, 15) is 27.6 Å². The van der Waals surface area contributed by atoms with Gasteiger partial charge in [0.2, 0.25) is 5.91 Å². The van der Waals surface area contributed by atoms with Crippen molar-refractivity contribution in [1.82, 2.24) is 5.32 Å². The molecule has 0 aliphatic carbocycles. The van der Waals surface area contributed by atoms with E-state index >= 15 is 0 Å². The van der Waals surface area contributed by atoms with Crippen LogP contribution in [0, 0.1) is 0 Å². The lowest BCUT2D eigenvalue weighted by Crippen LogP contribution is -2.30. The summed E-state index contributed by atoms with van der Waals surface area (Å²) in [6.07, 6.45) is -3.00. The molecule has 0 aliphatic rings. The van der Waals surface area contributed by atoms with Crippen LogP contribution < -0.4 is 20.7 Å². The molecule has 0 heterocycles. The number of nitrogens with one attached hydrogen (secondary N) is 3. The predicted molar refractivity (Wildman–Crippen MR) is 165 cm³/mol. The molecule has 0 aliphatic heterocycles. The summed E-state index contributed by atoms with van der Waals surface area (Å²) in [7, 11) is 1.52. The van der Waals surface area contributed by atoms with E-state index in [4.69, 9.17) is 4.74 Å². The van der Waals surface area contributed by atoms with Gasteiger partial charge in [-0.25, -0.2) is 0 Å². The van der Waals surface area contributed by atoms with Crippen molar-refractivity contribution in [2.45, 2.75) is 23.2 Å². The largest absolute Gasteiger partial charge is 0.497 e. The van der Waals surface area contributed by atoms with Crippen LogP contribution in [-0.4, -0.2) is 30.1 Å². The Kier molecular flexibility index (Phi) is 10.5. The smallest absolute Gasteiger partial charge is 0.416 e. The Morgan fingerprint density at radius 3 is 2.20 bits per heavy atom. The molecule has 0 saturated carbocycles. The third kappa shape index (κ3) is 8.98. The molecule has 4 rings (SSSR count). The van der Waals surface area contributed by atoms with Crippen molar-refractivity contribution >= 4 is 46.9 Å². The SMILES string of the molecule is COc1cccc(/C=C(\NC(=O)c2ccccc2)C(=O)Nc2cccc(SC(C)C(=O)Nc3cccc(C(F)(F)F)c3)c2)c1. The summed E-state index contributed by atoms with van der Waals surface area (Å²) in [5, 5.41) is 7.29. The number of hydrogen-bond donors (Lipinski definition) is 3. The molecular weight excluding hydrogens is 591 g/mol. The Morgan fingerprint density at radius 2 is 1.50 bits per heavy atom. The van der Waals surface area contributed by atoms with Gasteiger partial charge in [0, 0.05) is 21.8 Å². The summed E-state index contributed by atoms with van der Waals surface area (Å²) in [5.74, 6) is -0.978. The summed E-state index contributed by atoms with van der Waals surface area (Å²) >= 11 is 1.16. The maximum Gasteiger partial charge on any atom is 0.416 e. The minimum absolute atomic E-state index is 0.0148. The fourth-order valence-electron chi connectivity index (χ4n) is 3.96. The van der Waals surface area contributed by atoms with E-state index < -0.39 is 34.7 Å². The second-order valence-electron chi connectivity index (χ2n) is 9.46. The van der Waals surface area contributed by atoms with E-state index in [2.05, 4.69) is 16.0 Å². The lowest BCUT2D eigenvalue weighted by Gasteiger charge is -2.15. The van der Waals surface area contributed by atoms with Crippen LogP contribution >= 0.6 is 11.8 Å². The first-order valence-corrected chi connectivity index (χ1v) is 14.2. The molecule has 0 bridgehead atoms. The molecule has 3 N–H and O–H groups in total. The number of rotatable bonds is 10. The maximum absolute atomic E-state index is 13.4. The highest BCUT2D eigenvalue weighted by Crippen LogP contribution is 2.31. The quantitative estimate of drug-likeness (QED) is 0.128. The standard InChI is InChI=1S/C33H28F3N3O4S/c1-21(30(40)37-25-13-7-12-24(19-25)33(34,35)36)44-28-16-8-14-26(20-28)38-32(42)29(18-22-9-6-15-27(17-22)43-2)39-31(41)23-10-4-3-5-11-23/h3-21H,1-2H3,(H,37,40)(H,38,42)(H,39,41)/b29-18-. The van der Waals surface area contributed by atoms with Gasteiger partial charge in [0.15, 0.2) is 0 Å². The molecule has 1 atom stereocenters. The number of methoxy groups -OCH3 is 1. The normalized spacial score (nSPS) is 12.2. The Morgan fingerprint density at radius 1 is 0.818 bits per heavy atom. The third-order valence-corrected chi connectivity index (χ3v) is 7.26. The Labute approximate surface area is 256 Å². The predicted octanol–water partition coefficient (Wildman–Crippen LogP) is 7.24. The van der Waals surface area contributed by atoms with Crippen LogP contribution in [0.5, 0.6) is 5.75 Å². The number of thioether (sulfide) groups is 1. The zero-order chi connectivity index (χ0) is 31.7. The van der Waals surface area contributed by atoms with Crippen LogP contribution in [0.15, 0.2) is 114 Å². The highest BCUT2D eigenvalue weighted by atomic mass is 32.2. The van der Waals surface area contributed by atoms with E-state index in [0.29, 0.717) is 27.5 Å². The molecule has 11 heteroatoms. The van der Waals surface area contributed by atoms with Gasteiger partial charge in [0.05, 0.1) is 17.9 Å². The Hall–Kier alpha value is -5.03. The lowest BCUT2D eigenvalue weighted by molar-refractivity contribution is -0.137. The number of alkyl halides is 3. The highest BCUT2D eigenvalue weighted by molar-refractivity contribution is 8.00. The fourth-order valence-corrected chi connectivity index (χ4v) is 4.89. The van der Waals surface area contributed by atoms with Crippen LogP contribution in [0.25, 0.3) is 6.08 Å². The van der Waals surface area contributed by atoms with Crippen molar-refractivity contribution in [3.63, 3.8) is 0 Å². The lowest BCUT2D eigenvalue weighted by atomic mass is 10.1. The summed E-state index contributed by atoms with van der Waals surface area (Å²) in [4.78, 5) is 39.7. The molecule has 0 aromatic heterocycles. The number of halogens is 3. The van der Waals surface area contributed by atoms with E-state index in [1.54, 1.807) is 85.8 Å². The van der Waals surface area contributed by atoms with Crippen LogP contribution in [0.4, 0.5) is 24.5 Å². The summed E-state index contributed by atoms with van der Waals surface area (Å²) in [5.41, 5.74) is 0.542. The number of benzene rings is 4. The average Bonchev–Trinajstić information content (AvgIpc) is 3.01. The topological polar surface area (TPSA) is 96.5 Å². The minimum Gasteiger partial charge on any atom is -0.497 e. The first-order chi connectivity index (χ1) is 21.0. The van der Waals surface area contributed by atoms with E-state index in [1.807, 2.05) is 0 Å². The monoisotopic (exact) mass is 619 g/mol. The summed E-state index contributed by atoms with van der Waals surface area (Å²) in [6.45, 7) is 1.62. The number of carbonyl (C=O) groups excluding carboxylic acids is 3. The van der Waals surface area contributed by atoms with Crippen molar-refractivity contribution in [1.29, 1.82) is 0 Å². The molecule has 7 nitrogen and oxygen atoms in total. The molecule has 226 valence electrons. The highest BCUT2D eigenvalue weighted by Gasteiger charge is 2.30. The Bertz CT molecular complexity index is 1680. The van der Waals surface area contributed by atoms with E-state index in [-0.39, 0.29) is 11.4 Å². The number of carbonyl (C=O) groups is 3. The van der Waals surface area contributed by atoms with Crippen molar-refractivity contribution in [3.05, 3.63) is 126 Å². The molecule has 3 amide bonds. The first-order valence-electron chi connectivity index (χ1n) is 13.3. The first kappa shape index (κ1) is 31.9. The zero-order valence-corrected chi connectivity index (χ0v) is 24.5. The summed E-state index contributed by atoms with van der Waals surface area (Å²) in [6, 6.07) is 26.6. The number of anilines is 2. The molecule has 0 saturated heterocycles. The van der Waals surface area contributed by atoms with E-state index in [0.717, 1.165) is 23.9 Å². The zero-order valence-electron chi connectivity index (χ0n) is 23.6. The van der Waals surface area contributed by atoms with Gasteiger partial charge in [-0.3, -0.25) is 14.4 Å². The Balaban J connectivity index is 1.48.